The van der Waals surface area contributed by atoms with Crippen molar-refractivity contribution in [2.24, 2.45) is 5.73 Å². The normalized spacial score (nSPS) is 12.8. The van der Waals surface area contributed by atoms with Crippen molar-refractivity contribution in [3.05, 3.63) is 5.82 Å². The maximum Gasteiger partial charge on any atom is 0.408 e. The highest BCUT2D eigenvalue weighted by molar-refractivity contribution is 5.76. The second-order valence-corrected chi connectivity index (χ2v) is 4.66. The number of primary amides is 1. The molecule has 100 valence electrons. The second-order valence-electron chi connectivity index (χ2n) is 4.66. The Kier molecular flexibility index (Phi) is 4.18. The Morgan fingerprint density at radius 2 is 2.17 bits per heavy atom. The van der Waals surface area contributed by atoms with Gasteiger partial charge in [0.25, 0.3) is 0 Å². The second kappa shape index (κ2) is 5.43. The highest BCUT2D eigenvalue weighted by Crippen LogP contribution is 2.13. The van der Waals surface area contributed by atoms with E-state index in [2.05, 4.69) is 25.9 Å². The Labute approximate surface area is 103 Å². The van der Waals surface area contributed by atoms with Gasteiger partial charge >= 0.3 is 6.09 Å². The number of aromatic amines is 1. The van der Waals surface area contributed by atoms with Crippen LogP contribution in [0.15, 0.2) is 0 Å². The van der Waals surface area contributed by atoms with Crippen LogP contribution >= 0.6 is 0 Å². The fourth-order valence-electron chi connectivity index (χ4n) is 1.18. The largest absolute Gasteiger partial charge is 0.444 e. The molecule has 0 fully saturated rings. The number of rotatable bonds is 4. The number of hydrogen-bond acceptors (Lipinski definition) is 6. The van der Waals surface area contributed by atoms with Gasteiger partial charge in [0.2, 0.25) is 5.91 Å². The van der Waals surface area contributed by atoms with Crippen molar-refractivity contribution in [2.45, 2.75) is 38.8 Å². The maximum absolute atomic E-state index is 11.6. The highest BCUT2D eigenvalue weighted by Gasteiger charge is 2.23. The van der Waals surface area contributed by atoms with Crippen molar-refractivity contribution >= 4 is 12.0 Å². The molecule has 0 aliphatic carbocycles. The number of ether oxygens (including phenoxy) is 1. The number of hydrogen-bond donors (Lipinski definition) is 3. The van der Waals surface area contributed by atoms with Gasteiger partial charge < -0.3 is 15.8 Å². The maximum atomic E-state index is 11.6. The molecule has 2 amide bonds. The monoisotopic (exact) mass is 256 g/mol. The van der Waals surface area contributed by atoms with Crippen LogP contribution < -0.4 is 11.1 Å². The number of aromatic nitrogens is 4. The zero-order chi connectivity index (χ0) is 13.8. The van der Waals surface area contributed by atoms with Crippen molar-refractivity contribution in [1.29, 1.82) is 0 Å². The summed E-state index contributed by atoms with van der Waals surface area (Å²) in [4.78, 5) is 22.5. The van der Waals surface area contributed by atoms with Crippen molar-refractivity contribution in [3.63, 3.8) is 0 Å². The van der Waals surface area contributed by atoms with Gasteiger partial charge in [-0.05, 0) is 31.2 Å². The molecule has 1 heterocycles. The van der Waals surface area contributed by atoms with Gasteiger partial charge in [0.15, 0.2) is 5.82 Å². The smallest absolute Gasteiger partial charge is 0.408 e. The molecule has 0 unspecified atom stereocenters. The fraction of sp³-hybridized carbons (Fsp3) is 0.667. The van der Waals surface area contributed by atoms with Crippen LogP contribution in [0.2, 0.25) is 0 Å². The summed E-state index contributed by atoms with van der Waals surface area (Å²) in [7, 11) is 0. The average molecular weight is 256 g/mol. The molecule has 0 saturated heterocycles. The molecule has 4 N–H and O–H groups in total. The van der Waals surface area contributed by atoms with E-state index in [1.54, 1.807) is 20.8 Å². The number of alkyl carbamates (subject to hydrolysis) is 1. The molecule has 1 atom stereocenters. The fourth-order valence-corrected chi connectivity index (χ4v) is 1.18. The predicted molar refractivity (Wildman–Crippen MR) is 60.1 cm³/mol. The Morgan fingerprint density at radius 3 is 2.61 bits per heavy atom. The number of nitrogens with zero attached hydrogens (tertiary/aromatic N) is 3. The first-order chi connectivity index (χ1) is 8.28. The van der Waals surface area contributed by atoms with Crippen LogP contribution in [-0.4, -0.2) is 38.2 Å². The number of carbonyl (C=O) groups excluding carboxylic acids is 2. The first kappa shape index (κ1) is 13.9. The quantitative estimate of drug-likeness (QED) is 0.673. The van der Waals surface area contributed by atoms with Crippen LogP contribution in [0.3, 0.4) is 0 Å². The Hall–Kier alpha value is -2.19. The number of nitrogens with one attached hydrogen (secondary N) is 2. The zero-order valence-electron chi connectivity index (χ0n) is 10.4. The van der Waals surface area contributed by atoms with Crippen LogP contribution in [0.1, 0.15) is 39.1 Å². The Morgan fingerprint density at radius 1 is 1.50 bits per heavy atom. The van der Waals surface area contributed by atoms with E-state index in [0.29, 0.717) is 0 Å². The van der Waals surface area contributed by atoms with E-state index in [0.717, 1.165) is 0 Å². The summed E-state index contributed by atoms with van der Waals surface area (Å²) in [5.41, 5.74) is 4.45. The standard InChI is InChI=1S/C9H16N6O3/c1-9(2,3)18-8(17)11-5(4-6(10)16)7-12-14-15-13-7/h5H,4H2,1-3H3,(H2,10,16)(H,11,17)(H,12,13,14,15)/t5-/m1/s1. The summed E-state index contributed by atoms with van der Waals surface area (Å²) in [6.45, 7) is 5.18. The summed E-state index contributed by atoms with van der Waals surface area (Å²) in [6, 6.07) is -0.743. The molecule has 0 aromatic carbocycles. The molecule has 0 aliphatic heterocycles. The van der Waals surface area contributed by atoms with Gasteiger partial charge in [0.05, 0.1) is 6.42 Å². The van der Waals surface area contributed by atoms with Gasteiger partial charge in [-0.25, -0.2) is 9.89 Å². The number of tetrazole rings is 1. The topological polar surface area (TPSA) is 136 Å². The summed E-state index contributed by atoms with van der Waals surface area (Å²) >= 11 is 0. The molecule has 1 rings (SSSR count). The van der Waals surface area contributed by atoms with E-state index in [9.17, 15) is 9.59 Å². The first-order valence-corrected chi connectivity index (χ1v) is 5.29. The van der Waals surface area contributed by atoms with Crippen LogP contribution in [0.25, 0.3) is 0 Å². The van der Waals surface area contributed by atoms with Gasteiger partial charge in [0.1, 0.15) is 11.6 Å². The van der Waals surface area contributed by atoms with E-state index in [1.807, 2.05) is 0 Å². The molecule has 1 aromatic heterocycles. The minimum Gasteiger partial charge on any atom is -0.444 e. The minimum absolute atomic E-state index is 0.129. The predicted octanol–water partition coefficient (Wildman–Crippen LogP) is -0.359. The van der Waals surface area contributed by atoms with E-state index < -0.39 is 23.6 Å². The number of carbonyl (C=O) groups is 2. The lowest BCUT2D eigenvalue weighted by molar-refractivity contribution is -0.118. The van der Waals surface area contributed by atoms with Crippen LogP contribution in [-0.2, 0) is 9.53 Å². The minimum atomic E-state index is -0.743. The zero-order valence-corrected chi connectivity index (χ0v) is 10.4. The van der Waals surface area contributed by atoms with Gasteiger partial charge in [-0.3, -0.25) is 4.79 Å². The van der Waals surface area contributed by atoms with Crippen LogP contribution in [0, 0.1) is 0 Å². The summed E-state index contributed by atoms with van der Waals surface area (Å²) in [5, 5.41) is 15.3. The molecular formula is C9H16N6O3. The van der Waals surface area contributed by atoms with Gasteiger partial charge in [-0.2, -0.15) is 0 Å². The SMILES string of the molecule is CC(C)(C)OC(=O)N[C@H](CC(N)=O)c1nnn[nH]1. The summed E-state index contributed by atoms with van der Waals surface area (Å²) in [5.74, 6) is -0.355. The molecule has 18 heavy (non-hydrogen) atoms. The molecule has 9 heteroatoms. The molecule has 0 radical (unpaired) electrons. The van der Waals surface area contributed by atoms with Crippen molar-refractivity contribution in [1.82, 2.24) is 25.9 Å². The molecular weight excluding hydrogens is 240 g/mol. The lowest BCUT2D eigenvalue weighted by atomic mass is 10.2. The lowest BCUT2D eigenvalue weighted by Gasteiger charge is -2.22. The third-order valence-electron chi connectivity index (χ3n) is 1.79. The number of amides is 2. The van der Waals surface area contributed by atoms with Crippen molar-refractivity contribution in [2.75, 3.05) is 0 Å². The van der Waals surface area contributed by atoms with Crippen molar-refractivity contribution < 1.29 is 14.3 Å². The Balaban J connectivity index is 2.68. The van der Waals surface area contributed by atoms with E-state index in [-0.39, 0.29) is 12.2 Å². The van der Waals surface area contributed by atoms with Gasteiger partial charge in [0, 0.05) is 0 Å². The average Bonchev–Trinajstić information content (AvgIpc) is 2.64. The lowest BCUT2D eigenvalue weighted by Crippen LogP contribution is -2.37. The third kappa shape index (κ3) is 4.76. The van der Waals surface area contributed by atoms with E-state index in [1.165, 1.54) is 0 Å². The first-order valence-electron chi connectivity index (χ1n) is 5.29. The molecule has 0 bridgehead atoms. The molecule has 0 aliphatic rings. The van der Waals surface area contributed by atoms with E-state index >= 15 is 0 Å². The summed E-state index contributed by atoms with van der Waals surface area (Å²) < 4.78 is 5.06. The summed E-state index contributed by atoms with van der Waals surface area (Å²) in [6.07, 6.45) is -0.805. The number of H-pyrrole nitrogens is 1. The van der Waals surface area contributed by atoms with Gasteiger partial charge in [-0.1, -0.05) is 0 Å². The van der Waals surface area contributed by atoms with Crippen LogP contribution in [0.4, 0.5) is 4.79 Å². The highest BCUT2D eigenvalue weighted by atomic mass is 16.6. The Bertz CT molecular complexity index is 410. The molecule has 0 spiro atoms. The number of nitrogens with two attached hydrogens (primary N) is 1. The third-order valence-corrected chi connectivity index (χ3v) is 1.79. The molecule has 1 aromatic rings. The van der Waals surface area contributed by atoms with Crippen molar-refractivity contribution in [3.8, 4) is 0 Å². The molecule has 9 nitrogen and oxygen atoms in total. The van der Waals surface area contributed by atoms with Crippen LogP contribution in [0.5, 0.6) is 0 Å². The van der Waals surface area contributed by atoms with E-state index in [4.69, 9.17) is 10.5 Å². The molecule has 0 saturated carbocycles. The van der Waals surface area contributed by atoms with Gasteiger partial charge in [-0.15, -0.1) is 5.10 Å².